The Kier molecular flexibility index (Phi) is 4.48. The van der Waals surface area contributed by atoms with Crippen LogP contribution >= 0.6 is 11.3 Å². The molecule has 1 amide bonds. The number of thiazole rings is 1. The molecule has 5 aromatic rings. The lowest BCUT2D eigenvalue weighted by molar-refractivity contribution is 0.102. The smallest absolute Gasteiger partial charge is 0.259 e. The van der Waals surface area contributed by atoms with Crippen LogP contribution in [0.2, 0.25) is 0 Å². The number of anilines is 1. The molecule has 0 unspecified atom stereocenters. The molecule has 0 aliphatic rings. The van der Waals surface area contributed by atoms with E-state index in [1.165, 1.54) is 11.3 Å². The number of fused-ring (bicyclic) bond motifs is 2. The fourth-order valence-electron chi connectivity index (χ4n) is 3.60. The van der Waals surface area contributed by atoms with E-state index in [0.717, 1.165) is 16.0 Å². The maximum Gasteiger partial charge on any atom is 0.259 e. The lowest BCUT2D eigenvalue weighted by Gasteiger charge is -2.06. The van der Waals surface area contributed by atoms with Gasteiger partial charge in [0.05, 0.1) is 34.1 Å². The molecule has 0 fully saturated rings. The summed E-state index contributed by atoms with van der Waals surface area (Å²) >= 11 is 1.38. The minimum atomic E-state index is -0.323. The van der Waals surface area contributed by atoms with Gasteiger partial charge in [-0.2, -0.15) is 0 Å². The fraction of sp³-hybridized carbons (Fsp3) is 0.182. The van der Waals surface area contributed by atoms with Crippen LogP contribution in [0.15, 0.2) is 39.3 Å². The molecule has 1 N–H and O–H groups in total. The number of furan rings is 1. The summed E-state index contributed by atoms with van der Waals surface area (Å²) in [6.07, 6.45) is 0. The number of para-hydroxylation sites is 1. The number of rotatable bonds is 4. The number of carbonyl (C=O) groups excluding carboxylic acids is 1. The van der Waals surface area contributed by atoms with Gasteiger partial charge < -0.3 is 13.7 Å². The molecule has 0 aliphatic carbocycles. The highest BCUT2D eigenvalue weighted by Crippen LogP contribution is 2.34. The number of carbonyl (C=O) groups is 1. The van der Waals surface area contributed by atoms with Crippen LogP contribution in [-0.2, 0) is 0 Å². The fourth-order valence-corrected chi connectivity index (χ4v) is 4.48. The normalized spacial score (nSPS) is 11.4. The van der Waals surface area contributed by atoms with Crippen LogP contribution in [0.1, 0.15) is 27.6 Å². The summed E-state index contributed by atoms with van der Waals surface area (Å²) in [5.41, 5.74) is 3.37. The van der Waals surface area contributed by atoms with Crippen molar-refractivity contribution >= 4 is 43.7 Å². The molecule has 0 radical (unpaired) electrons. The van der Waals surface area contributed by atoms with E-state index in [-0.39, 0.29) is 5.91 Å². The second-order valence-electron chi connectivity index (χ2n) is 7.11. The highest BCUT2D eigenvalue weighted by atomic mass is 32.1. The maximum absolute atomic E-state index is 13.3. The molecule has 5 rings (SSSR count). The summed E-state index contributed by atoms with van der Waals surface area (Å²) in [5, 5.41) is 7.93. The third-order valence-electron chi connectivity index (χ3n) is 5.00. The third-order valence-corrected chi connectivity index (χ3v) is 5.94. The Hall–Kier alpha value is -3.72. The van der Waals surface area contributed by atoms with E-state index < -0.39 is 0 Å². The molecule has 1 aromatic carbocycles. The molecule has 0 bridgehead atoms. The SMILES string of the molecule is COc1cccc2sc(NC(=O)c3cc(-c4cc(C)oc4C)nc4onc(C)c34)nc12. The standard InChI is InChI=1S/C22H18N4O4S/c1-10-8-13(12(3)29-10)15-9-14(18-11(2)26-30-21(18)23-15)20(27)25-22-24-19-16(28-4)6-5-7-17(19)31-22/h5-9H,1-4H3,(H,24,25,27). The first-order chi connectivity index (χ1) is 14.9. The summed E-state index contributed by atoms with van der Waals surface area (Å²) in [6.45, 7) is 5.50. The van der Waals surface area contributed by atoms with Crippen molar-refractivity contribution in [3.05, 3.63) is 53.1 Å². The van der Waals surface area contributed by atoms with Gasteiger partial charge in [0.1, 0.15) is 22.8 Å². The zero-order valence-corrected chi connectivity index (χ0v) is 18.1. The van der Waals surface area contributed by atoms with Crippen molar-refractivity contribution in [2.24, 2.45) is 0 Å². The van der Waals surface area contributed by atoms with E-state index in [9.17, 15) is 4.79 Å². The molecule has 156 valence electrons. The Morgan fingerprint density at radius 3 is 2.74 bits per heavy atom. The molecule has 0 atom stereocenters. The second kappa shape index (κ2) is 7.21. The molecule has 31 heavy (non-hydrogen) atoms. The number of aryl methyl sites for hydroxylation is 3. The van der Waals surface area contributed by atoms with Crippen LogP contribution in [0.3, 0.4) is 0 Å². The molecule has 4 aromatic heterocycles. The molecular formula is C22H18N4O4S. The number of methoxy groups -OCH3 is 1. The second-order valence-corrected chi connectivity index (χ2v) is 8.14. The molecule has 0 saturated carbocycles. The predicted molar refractivity (Wildman–Crippen MR) is 118 cm³/mol. The van der Waals surface area contributed by atoms with Crippen molar-refractivity contribution in [2.75, 3.05) is 12.4 Å². The predicted octanol–water partition coefficient (Wildman–Crippen LogP) is 5.28. The van der Waals surface area contributed by atoms with Gasteiger partial charge in [-0.05, 0) is 45.0 Å². The lowest BCUT2D eigenvalue weighted by Crippen LogP contribution is -2.13. The van der Waals surface area contributed by atoms with Crippen molar-refractivity contribution in [3.8, 4) is 17.0 Å². The van der Waals surface area contributed by atoms with Crippen molar-refractivity contribution < 1.29 is 18.5 Å². The number of ether oxygens (including phenoxy) is 1. The minimum Gasteiger partial charge on any atom is -0.494 e. The van der Waals surface area contributed by atoms with E-state index in [0.29, 0.717) is 50.2 Å². The zero-order valence-electron chi connectivity index (χ0n) is 17.3. The number of nitrogens with one attached hydrogen (secondary N) is 1. The van der Waals surface area contributed by atoms with Crippen LogP contribution in [0, 0.1) is 20.8 Å². The van der Waals surface area contributed by atoms with Crippen molar-refractivity contribution in [1.82, 2.24) is 15.1 Å². The molecular weight excluding hydrogens is 416 g/mol. The molecule has 0 spiro atoms. The summed E-state index contributed by atoms with van der Waals surface area (Å²) in [6, 6.07) is 9.27. The lowest BCUT2D eigenvalue weighted by atomic mass is 10.1. The summed E-state index contributed by atoms with van der Waals surface area (Å²) < 4.78 is 17.3. The van der Waals surface area contributed by atoms with Crippen LogP contribution in [0.4, 0.5) is 5.13 Å². The van der Waals surface area contributed by atoms with E-state index in [4.69, 9.17) is 13.7 Å². The average Bonchev–Trinajstić information content (AvgIpc) is 3.43. The maximum atomic E-state index is 13.3. The van der Waals surface area contributed by atoms with Crippen LogP contribution in [0.25, 0.3) is 32.6 Å². The number of pyridine rings is 1. The van der Waals surface area contributed by atoms with Crippen molar-refractivity contribution in [1.29, 1.82) is 0 Å². The highest BCUT2D eigenvalue weighted by molar-refractivity contribution is 7.22. The monoisotopic (exact) mass is 434 g/mol. The number of amides is 1. The van der Waals surface area contributed by atoms with Gasteiger partial charge in [-0.1, -0.05) is 22.6 Å². The van der Waals surface area contributed by atoms with Crippen LogP contribution < -0.4 is 10.1 Å². The van der Waals surface area contributed by atoms with Crippen LogP contribution in [-0.4, -0.2) is 28.1 Å². The zero-order chi connectivity index (χ0) is 21.7. The Morgan fingerprint density at radius 2 is 2.00 bits per heavy atom. The van der Waals surface area contributed by atoms with Crippen molar-refractivity contribution in [3.63, 3.8) is 0 Å². The largest absolute Gasteiger partial charge is 0.494 e. The van der Waals surface area contributed by atoms with Gasteiger partial charge in [0.2, 0.25) is 0 Å². The molecule has 0 aliphatic heterocycles. The molecule has 0 saturated heterocycles. The van der Waals surface area contributed by atoms with Gasteiger partial charge in [-0.25, -0.2) is 9.97 Å². The highest BCUT2D eigenvalue weighted by Gasteiger charge is 2.22. The third kappa shape index (κ3) is 3.23. The number of hydrogen-bond donors (Lipinski definition) is 1. The van der Waals surface area contributed by atoms with Crippen molar-refractivity contribution in [2.45, 2.75) is 20.8 Å². The summed E-state index contributed by atoms with van der Waals surface area (Å²) in [7, 11) is 1.59. The van der Waals surface area contributed by atoms with Gasteiger partial charge in [-0.3, -0.25) is 10.1 Å². The number of hydrogen-bond acceptors (Lipinski definition) is 8. The first kappa shape index (κ1) is 19.3. The quantitative estimate of drug-likeness (QED) is 0.410. The molecule has 9 heteroatoms. The molecule has 4 heterocycles. The summed E-state index contributed by atoms with van der Waals surface area (Å²) in [5.74, 6) is 1.81. The Balaban J connectivity index is 1.59. The number of benzene rings is 1. The van der Waals surface area contributed by atoms with E-state index >= 15 is 0 Å². The van der Waals surface area contributed by atoms with Gasteiger partial charge >= 0.3 is 0 Å². The first-order valence-corrected chi connectivity index (χ1v) is 10.4. The van der Waals surface area contributed by atoms with E-state index in [1.54, 1.807) is 20.1 Å². The number of nitrogens with zero attached hydrogens (tertiary/aromatic N) is 3. The van der Waals surface area contributed by atoms with Crippen LogP contribution in [0.5, 0.6) is 5.75 Å². The average molecular weight is 434 g/mol. The van der Waals surface area contributed by atoms with Gasteiger partial charge in [0.25, 0.3) is 11.6 Å². The Labute approximate surface area is 180 Å². The first-order valence-electron chi connectivity index (χ1n) is 9.54. The Morgan fingerprint density at radius 1 is 1.16 bits per heavy atom. The van der Waals surface area contributed by atoms with E-state index in [2.05, 4.69) is 20.4 Å². The van der Waals surface area contributed by atoms with Gasteiger partial charge in [0.15, 0.2) is 5.13 Å². The van der Waals surface area contributed by atoms with Gasteiger partial charge in [0, 0.05) is 5.56 Å². The summed E-state index contributed by atoms with van der Waals surface area (Å²) in [4.78, 5) is 22.4. The molecule has 8 nitrogen and oxygen atoms in total. The number of aromatic nitrogens is 3. The minimum absolute atomic E-state index is 0.296. The topological polar surface area (TPSA) is 103 Å². The van der Waals surface area contributed by atoms with Gasteiger partial charge in [-0.15, -0.1) is 0 Å². The Bertz CT molecular complexity index is 1460. The van der Waals surface area contributed by atoms with E-state index in [1.807, 2.05) is 38.1 Å².